The second kappa shape index (κ2) is 13.4. The highest BCUT2D eigenvalue weighted by atomic mass is 32.2. The van der Waals surface area contributed by atoms with Crippen molar-refractivity contribution in [2.45, 2.75) is 56.1 Å². The zero-order valence-corrected chi connectivity index (χ0v) is 20.9. The largest absolute Gasteiger partial charge is 0.416 e. The lowest BCUT2D eigenvalue weighted by molar-refractivity contribution is -0.138. The number of benzene rings is 1. The minimum atomic E-state index is -4.74. The number of carbonyl (C=O) groups is 3. The molecule has 1 saturated heterocycles. The minimum Gasteiger partial charge on any atom is -0.370 e. The van der Waals surface area contributed by atoms with E-state index in [4.69, 9.17) is 11.5 Å². The summed E-state index contributed by atoms with van der Waals surface area (Å²) in [5, 5.41) is 2.50. The lowest BCUT2D eigenvalue weighted by Gasteiger charge is -2.25. The van der Waals surface area contributed by atoms with E-state index in [2.05, 4.69) is 15.0 Å². The number of rotatable bonds is 12. The molecule has 0 saturated carbocycles. The maximum absolute atomic E-state index is 13.3. The molecule has 206 valence electrons. The van der Waals surface area contributed by atoms with Crippen molar-refractivity contribution in [1.82, 2.24) is 14.9 Å². The van der Waals surface area contributed by atoms with Crippen LogP contribution in [0.3, 0.4) is 0 Å². The Morgan fingerprint density at radius 1 is 1.24 bits per heavy atom. The Hall–Kier alpha value is -3.20. The average molecular weight is 549 g/mol. The van der Waals surface area contributed by atoms with Crippen LogP contribution in [0.25, 0.3) is 0 Å². The van der Waals surface area contributed by atoms with E-state index >= 15 is 0 Å². The van der Waals surface area contributed by atoms with Crippen molar-refractivity contribution >= 4 is 34.1 Å². The van der Waals surface area contributed by atoms with Crippen LogP contribution < -0.4 is 21.5 Å². The van der Waals surface area contributed by atoms with Crippen molar-refractivity contribution in [1.29, 1.82) is 0 Å². The Morgan fingerprint density at radius 3 is 2.59 bits per heavy atom. The molecule has 0 radical (unpaired) electrons. The van der Waals surface area contributed by atoms with Crippen molar-refractivity contribution in [2.24, 2.45) is 16.5 Å². The summed E-state index contributed by atoms with van der Waals surface area (Å²) in [6.45, 7) is 0.0340. The third kappa shape index (κ3) is 9.99. The van der Waals surface area contributed by atoms with Gasteiger partial charge < -0.3 is 26.5 Å². The Morgan fingerprint density at radius 2 is 1.95 bits per heavy atom. The molecular formula is C22H31F3N6O5S. The summed E-state index contributed by atoms with van der Waals surface area (Å²) in [7, 11) is -4.33. The topological polar surface area (TPSA) is 177 Å². The van der Waals surface area contributed by atoms with E-state index in [9.17, 15) is 36.0 Å². The Bertz CT molecular complexity index is 1090. The highest BCUT2D eigenvalue weighted by Gasteiger charge is 2.36. The van der Waals surface area contributed by atoms with Crippen LogP contribution in [0.2, 0.25) is 0 Å². The number of sulfonamides is 1. The van der Waals surface area contributed by atoms with Crippen LogP contribution in [-0.2, 0) is 36.3 Å². The number of aliphatic imine (C=N–C) groups is 1. The summed E-state index contributed by atoms with van der Waals surface area (Å²) in [6.07, 6.45) is -2.43. The molecule has 2 amide bonds. The quantitative estimate of drug-likeness (QED) is 0.125. The van der Waals surface area contributed by atoms with Gasteiger partial charge in [-0.15, -0.1) is 0 Å². The van der Waals surface area contributed by atoms with Crippen molar-refractivity contribution in [3.05, 3.63) is 35.4 Å². The molecule has 1 aliphatic heterocycles. The van der Waals surface area contributed by atoms with Crippen molar-refractivity contribution in [3.63, 3.8) is 0 Å². The van der Waals surface area contributed by atoms with Gasteiger partial charge in [-0.05, 0) is 43.7 Å². The van der Waals surface area contributed by atoms with Gasteiger partial charge in [0.2, 0.25) is 21.8 Å². The number of halogens is 3. The standard InChI is InChI=1S/C22H31F3N6O5S/c23-22(24,25)17-8-2-1-6-15(17)14-37(35,36)30-18-9-3-4-11-31(20(18)34)12-19(33)29-16(13-32)7-5-10-28-21(26)27/h1-2,6,8,13,16,18,30H,3-5,7,9-12,14H2,(H,29,33)(H4,26,27,28)/t16-,18-/m0/s1. The molecule has 11 nitrogen and oxygen atoms in total. The first kappa shape index (κ1) is 30.0. The van der Waals surface area contributed by atoms with Crippen LogP contribution in [0.4, 0.5) is 13.2 Å². The van der Waals surface area contributed by atoms with E-state index in [-0.39, 0.29) is 31.9 Å². The van der Waals surface area contributed by atoms with E-state index < -0.39 is 63.5 Å². The molecule has 1 fully saturated rings. The second-order valence-corrected chi connectivity index (χ2v) is 10.4. The number of aldehydes is 1. The SMILES string of the molecule is NC(N)=NCCC[C@@H](C=O)NC(=O)CN1CCCC[C@H](NS(=O)(=O)Cc2ccccc2C(F)(F)F)C1=O. The van der Waals surface area contributed by atoms with Crippen LogP contribution in [0.5, 0.6) is 0 Å². The van der Waals surface area contributed by atoms with Crippen molar-refractivity contribution in [3.8, 4) is 0 Å². The van der Waals surface area contributed by atoms with Crippen molar-refractivity contribution in [2.75, 3.05) is 19.6 Å². The number of carbonyl (C=O) groups excluding carboxylic acids is 3. The Balaban J connectivity index is 2.02. The molecule has 2 rings (SSSR count). The van der Waals surface area contributed by atoms with E-state index in [0.29, 0.717) is 25.5 Å². The van der Waals surface area contributed by atoms with Gasteiger partial charge in [-0.2, -0.15) is 13.2 Å². The van der Waals surface area contributed by atoms with Gasteiger partial charge in [0.05, 0.1) is 23.9 Å². The molecule has 37 heavy (non-hydrogen) atoms. The van der Waals surface area contributed by atoms with E-state index in [1.807, 2.05) is 0 Å². The molecule has 0 unspecified atom stereocenters. The van der Waals surface area contributed by atoms with Gasteiger partial charge in [0.1, 0.15) is 12.3 Å². The number of guanidine groups is 1. The summed E-state index contributed by atoms with van der Waals surface area (Å²) in [6, 6.07) is 2.24. The number of hydrogen-bond acceptors (Lipinski definition) is 6. The van der Waals surface area contributed by atoms with E-state index in [1.54, 1.807) is 0 Å². The smallest absolute Gasteiger partial charge is 0.370 e. The van der Waals surface area contributed by atoms with Gasteiger partial charge in [-0.1, -0.05) is 18.2 Å². The maximum Gasteiger partial charge on any atom is 0.416 e. The van der Waals surface area contributed by atoms with Crippen LogP contribution in [0.1, 0.15) is 43.2 Å². The van der Waals surface area contributed by atoms with Gasteiger partial charge in [-0.25, -0.2) is 13.1 Å². The first-order valence-electron chi connectivity index (χ1n) is 11.6. The predicted molar refractivity (Wildman–Crippen MR) is 129 cm³/mol. The molecule has 1 aromatic carbocycles. The van der Waals surface area contributed by atoms with Crippen LogP contribution in [-0.4, -0.2) is 69.1 Å². The number of likely N-dealkylation sites (tertiary alicyclic amines) is 1. The third-order valence-electron chi connectivity index (χ3n) is 5.58. The number of amides is 2. The fourth-order valence-corrected chi connectivity index (χ4v) is 5.27. The van der Waals surface area contributed by atoms with Crippen LogP contribution in [0, 0.1) is 0 Å². The monoisotopic (exact) mass is 548 g/mol. The lowest BCUT2D eigenvalue weighted by atomic mass is 10.1. The molecule has 0 bridgehead atoms. The minimum absolute atomic E-state index is 0.0962. The fraction of sp³-hybridized carbons (Fsp3) is 0.545. The molecular weight excluding hydrogens is 517 g/mol. The van der Waals surface area contributed by atoms with Crippen LogP contribution in [0.15, 0.2) is 29.3 Å². The summed E-state index contributed by atoms with van der Waals surface area (Å²) in [5.41, 5.74) is 8.93. The summed E-state index contributed by atoms with van der Waals surface area (Å²) in [5.74, 6) is -2.35. The summed E-state index contributed by atoms with van der Waals surface area (Å²) in [4.78, 5) is 41.7. The van der Waals surface area contributed by atoms with Gasteiger partial charge >= 0.3 is 6.18 Å². The molecule has 6 N–H and O–H groups in total. The number of nitrogens with one attached hydrogen (secondary N) is 2. The Kier molecular flexibility index (Phi) is 10.9. The normalized spacial score (nSPS) is 17.5. The highest BCUT2D eigenvalue weighted by molar-refractivity contribution is 7.88. The number of nitrogens with zero attached hydrogens (tertiary/aromatic N) is 2. The number of hydrogen-bond donors (Lipinski definition) is 4. The molecule has 15 heteroatoms. The van der Waals surface area contributed by atoms with Gasteiger partial charge in [0.15, 0.2) is 5.96 Å². The van der Waals surface area contributed by atoms with Crippen molar-refractivity contribution < 1.29 is 36.0 Å². The second-order valence-electron chi connectivity index (χ2n) is 8.60. The summed E-state index contributed by atoms with van der Waals surface area (Å²) >= 11 is 0. The Labute approximate surface area is 212 Å². The predicted octanol–water partition coefficient (Wildman–Crippen LogP) is 0.243. The van der Waals surface area contributed by atoms with E-state index in [0.717, 1.165) is 18.2 Å². The lowest BCUT2D eigenvalue weighted by Crippen LogP contribution is -2.51. The maximum atomic E-state index is 13.3. The molecule has 1 heterocycles. The third-order valence-corrected chi connectivity index (χ3v) is 6.92. The molecule has 0 aliphatic carbocycles. The first-order chi connectivity index (χ1) is 17.3. The van der Waals surface area contributed by atoms with Gasteiger partial charge in [0.25, 0.3) is 0 Å². The summed E-state index contributed by atoms with van der Waals surface area (Å²) < 4.78 is 67.4. The molecule has 1 aliphatic rings. The average Bonchev–Trinajstić information content (AvgIpc) is 2.96. The van der Waals surface area contributed by atoms with Gasteiger partial charge in [0, 0.05) is 13.1 Å². The van der Waals surface area contributed by atoms with Gasteiger partial charge in [-0.3, -0.25) is 14.6 Å². The first-order valence-corrected chi connectivity index (χ1v) is 13.2. The number of nitrogens with two attached hydrogens (primary N) is 2. The molecule has 2 atom stereocenters. The molecule has 1 aromatic rings. The molecule has 0 aromatic heterocycles. The van der Waals surface area contributed by atoms with Crippen LogP contribution >= 0.6 is 0 Å². The molecule has 0 spiro atoms. The zero-order valence-electron chi connectivity index (χ0n) is 20.0. The highest BCUT2D eigenvalue weighted by Crippen LogP contribution is 2.32. The zero-order chi connectivity index (χ0) is 27.6. The number of alkyl halides is 3. The fourth-order valence-electron chi connectivity index (χ4n) is 3.88. The van der Waals surface area contributed by atoms with E-state index in [1.165, 1.54) is 11.0 Å².